The fraction of sp³-hybridized carbons (Fsp3) is 0.231. The summed E-state index contributed by atoms with van der Waals surface area (Å²) in [6.07, 6.45) is 4.15. The summed E-state index contributed by atoms with van der Waals surface area (Å²) in [5.74, 6) is -0.750. The number of halogens is 1. The van der Waals surface area contributed by atoms with Gasteiger partial charge in [0.05, 0.1) is 17.6 Å². The fourth-order valence-corrected chi connectivity index (χ4v) is 3.91. The molecule has 0 aliphatic heterocycles. The SMILES string of the molecule is CC(C)CNC(c1cccnc1)C(C(=O)Nc1cc(Cl)cc(C#N)c1)c1ccccc1C=O. The van der Waals surface area contributed by atoms with Crippen LogP contribution in [0.3, 0.4) is 0 Å². The number of carbonyl (C=O) groups excluding carboxylic acids is 2. The molecular formula is C26H25ClN4O2. The summed E-state index contributed by atoms with van der Waals surface area (Å²) in [4.78, 5) is 29.8. The molecule has 2 unspecified atom stereocenters. The van der Waals surface area contributed by atoms with Gasteiger partial charge in [-0.15, -0.1) is 0 Å². The monoisotopic (exact) mass is 460 g/mol. The molecule has 0 spiro atoms. The van der Waals surface area contributed by atoms with E-state index < -0.39 is 12.0 Å². The highest BCUT2D eigenvalue weighted by molar-refractivity contribution is 6.31. The van der Waals surface area contributed by atoms with Crippen molar-refractivity contribution in [3.05, 3.63) is 94.3 Å². The largest absolute Gasteiger partial charge is 0.325 e. The molecule has 0 saturated heterocycles. The number of carbonyl (C=O) groups is 2. The first-order chi connectivity index (χ1) is 15.9. The van der Waals surface area contributed by atoms with Crippen LogP contribution in [0.25, 0.3) is 0 Å². The topological polar surface area (TPSA) is 94.9 Å². The number of benzene rings is 2. The summed E-state index contributed by atoms with van der Waals surface area (Å²) in [7, 11) is 0. The zero-order valence-electron chi connectivity index (χ0n) is 18.5. The maximum Gasteiger partial charge on any atom is 0.233 e. The highest BCUT2D eigenvalue weighted by Crippen LogP contribution is 2.34. The van der Waals surface area contributed by atoms with Gasteiger partial charge in [0.1, 0.15) is 6.29 Å². The normalized spacial score (nSPS) is 12.6. The molecule has 3 rings (SSSR count). The molecule has 33 heavy (non-hydrogen) atoms. The Bertz CT molecular complexity index is 1160. The molecule has 0 bridgehead atoms. The summed E-state index contributed by atoms with van der Waals surface area (Å²) >= 11 is 6.13. The van der Waals surface area contributed by atoms with Gasteiger partial charge in [0.15, 0.2) is 0 Å². The zero-order valence-corrected chi connectivity index (χ0v) is 19.2. The van der Waals surface area contributed by atoms with E-state index in [1.165, 1.54) is 6.07 Å². The van der Waals surface area contributed by atoms with Crippen LogP contribution in [0.15, 0.2) is 67.0 Å². The van der Waals surface area contributed by atoms with Gasteiger partial charge in [-0.25, -0.2) is 0 Å². The second kappa shape index (κ2) is 11.4. The van der Waals surface area contributed by atoms with Gasteiger partial charge in [-0.2, -0.15) is 5.26 Å². The van der Waals surface area contributed by atoms with Crippen molar-refractivity contribution >= 4 is 29.5 Å². The Kier molecular flexibility index (Phi) is 8.31. The number of anilines is 1. The van der Waals surface area contributed by atoms with Crippen LogP contribution < -0.4 is 10.6 Å². The molecule has 0 aliphatic carbocycles. The van der Waals surface area contributed by atoms with Crippen molar-refractivity contribution < 1.29 is 9.59 Å². The molecule has 7 heteroatoms. The Morgan fingerprint density at radius 3 is 2.64 bits per heavy atom. The van der Waals surface area contributed by atoms with Crippen LogP contribution in [-0.4, -0.2) is 23.7 Å². The van der Waals surface area contributed by atoms with E-state index >= 15 is 0 Å². The summed E-state index contributed by atoms with van der Waals surface area (Å²) in [5, 5.41) is 16.0. The van der Waals surface area contributed by atoms with Crippen molar-refractivity contribution in [1.29, 1.82) is 5.26 Å². The van der Waals surface area contributed by atoms with Gasteiger partial charge >= 0.3 is 0 Å². The summed E-state index contributed by atoms with van der Waals surface area (Å²) in [5.41, 5.74) is 2.60. The Morgan fingerprint density at radius 1 is 1.18 bits per heavy atom. The van der Waals surface area contributed by atoms with E-state index in [-0.39, 0.29) is 5.91 Å². The number of hydrogen-bond acceptors (Lipinski definition) is 5. The van der Waals surface area contributed by atoms with E-state index in [4.69, 9.17) is 11.6 Å². The van der Waals surface area contributed by atoms with Crippen LogP contribution >= 0.6 is 11.6 Å². The first kappa shape index (κ1) is 24.1. The molecule has 2 atom stereocenters. The number of pyridine rings is 1. The zero-order chi connectivity index (χ0) is 23.8. The lowest BCUT2D eigenvalue weighted by Gasteiger charge is -2.29. The predicted molar refractivity (Wildman–Crippen MR) is 129 cm³/mol. The van der Waals surface area contributed by atoms with Crippen LogP contribution in [0, 0.1) is 17.2 Å². The molecule has 1 heterocycles. The first-order valence-corrected chi connectivity index (χ1v) is 11.0. The quantitative estimate of drug-likeness (QED) is 0.432. The minimum atomic E-state index is -0.751. The molecule has 1 amide bonds. The van der Waals surface area contributed by atoms with E-state index in [0.29, 0.717) is 39.9 Å². The molecule has 0 radical (unpaired) electrons. The van der Waals surface area contributed by atoms with Crippen molar-refractivity contribution in [3.8, 4) is 6.07 Å². The molecule has 0 aliphatic rings. The predicted octanol–water partition coefficient (Wildman–Crippen LogP) is 5.13. The van der Waals surface area contributed by atoms with Gasteiger partial charge in [0.2, 0.25) is 5.91 Å². The third-order valence-corrected chi connectivity index (χ3v) is 5.38. The molecule has 6 nitrogen and oxygen atoms in total. The molecule has 3 aromatic rings. The molecule has 1 aromatic heterocycles. The molecule has 2 aromatic carbocycles. The number of nitriles is 1. The standard InChI is InChI=1S/C26H25ClN4O2/c1-17(2)14-30-25(19-7-5-9-29-15-19)24(23-8-4-3-6-20(23)16-32)26(33)31-22-11-18(13-28)10-21(27)12-22/h3-12,15-17,24-25,30H,14H2,1-2H3,(H,31,33). The van der Waals surface area contributed by atoms with Crippen molar-refractivity contribution in [2.45, 2.75) is 25.8 Å². The van der Waals surface area contributed by atoms with E-state index in [1.54, 1.807) is 48.8 Å². The van der Waals surface area contributed by atoms with Crippen molar-refractivity contribution in [2.75, 3.05) is 11.9 Å². The maximum atomic E-state index is 13.7. The minimum absolute atomic E-state index is 0.333. The number of nitrogens with one attached hydrogen (secondary N) is 2. The lowest BCUT2D eigenvalue weighted by Crippen LogP contribution is -2.36. The Balaban J connectivity index is 2.10. The number of nitrogens with zero attached hydrogens (tertiary/aromatic N) is 2. The van der Waals surface area contributed by atoms with Gasteiger partial charge in [-0.1, -0.05) is 55.8 Å². The van der Waals surface area contributed by atoms with Gasteiger partial charge in [0.25, 0.3) is 0 Å². The minimum Gasteiger partial charge on any atom is -0.325 e. The number of amides is 1. The average Bonchev–Trinajstić information content (AvgIpc) is 2.81. The van der Waals surface area contributed by atoms with Crippen LogP contribution in [0.5, 0.6) is 0 Å². The van der Waals surface area contributed by atoms with Crippen molar-refractivity contribution in [2.24, 2.45) is 5.92 Å². The second-order valence-corrected chi connectivity index (χ2v) is 8.56. The lowest BCUT2D eigenvalue weighted by atomic mass is 9.84. The fourth-order valence-electron chi connectivity index (χ4n) is 3.67. The molecule has 0 saturated carbocycles. The molecular weight excluding hydrogens is 436 g/mol. The molecule has 2 N–H and O–H groups in total. The Morgan fingerprint density at radius 2 is 1.97 bits per heavy atom. The highest BCUT2D eigenvalue weighted by Gasteiger charge is 2.33. The maximum absolute atomic E-state index is 13.7. The van der Waals surface area contributed by atoms with E-state index in [1.807, 2.05) is 18.2 Å². The summed E-state index contributed by atoms with van der Waals surface area (Å²) in [6, 6.07) is 17.0. The van der Waals surface area contributed by atoms with Crippen molar-refractivity contribution in [3.63, 3.8) is 0 Å². The smallest absolute Gasteiger partial charge is 0.233 e. The Labute approximate surface area is 198 Å². The lowest BCUT2D eigenvalue weighted by molar-refractivity contribution is -0.118. The van der Waals surface area contributed by atoms with Gasteiger partial charge in [-0.3, -0.25) is 14.6 Å². The summed E-state index contributed by atoms with van der Waals surface area (Å²) in [6.45, 7) is 4.82. The van der Waals surface area contributed by atoms with Crippen LogP contribution in [-0.2, 0) is 4.79 Å². The third kappa shape index (κ3) is 6.26. The third-order valence-electron chi connectivity index (χ3n) is 5.16. The number of hydrogen-bond donors (Lipinski definition) is 2. The second-order valence-electron chi connectivity index (χ2n) is 8.12. The van der Waals surface area contributed by atoms with Gasteiger partial charge in [0, 0.05) is 34.7 Å². The van der Waals surface area contributed by atoms with E-state index in [9.17, 15) is 14.9 Å². The average molecular weight is 461 g/mol. The van der Waals surface area contributed by atoms with Gasteiger partial charge < -0.3 is 10.6 Å². The van der Waals surface area contributed by atoms with E-state index in [0.717, 1.165) is 11.8 Å². The number of aldehydes is 1. The van der Waals surface area contributed by atoms with Crippen LogP contribution in [0.1, 0.15) is 52.9 Å². The van der Waals surface area contributed by atoms with E-state index in [2.05, 4.69) is 29.5 Å². The van der Waals surface area contributed by atoms with Crippen molar-refractivity contribution in [1.82, 2.24) is 10.3 Å². The van der Waals surface area contributed by atoms with Crippen LogP contribution in [0.4, 0.5) is 5.69 Å². The highest BCUT2D eigenvalue weighted by atomic mass is 35.5. The molecule has 0 fully saturated rings. The number of rotatable bonds is 9. The molecule has 168 valence electrons. The Hall–Kier alpha value is -3.53. The van der Waals surface area contributed by atoms with Crippen LogP contribution in [0.2, 0.25) is 5.02 Å². The first-order valence-electron chi connectivity index (χ1n) is 10.6. The number of aromatic nitrogens is 1. The van der Waals surface area contributed by atoms with Gasteiger partial charge in [-0.05, 0) is 47.9 Å². The summed E-state index contributed by atoms with van der Waals surface area (Å²) < 4.78 is 0.